The molecule has 0 spiro atoms. The standard InChI is InChI=1S/C27H20F6N4O5S/c28-18-8-16(9-19(12-18)42-26(29)30)15-4-5-24-23(10-15)37(14-20(41-24)13-34-25(38)22-6-7-35-36-22)43(39,40)21-3-1-2-17(11-21)27(31,32)33/h1-12,20,26H,13-14H2,(H,34,38)(H,35,36)/t20-/m0/s1. The van der Waals surface area contributed by atoms with Gasteiger partial charge in [-0.3, -0.25) is 14.2 Å². The third-order valence-corrected chi connectivity index (χ3v) is 8.08. The van der Waals surface area contributed by atoms with Crippen molar-refractivity contribution in [2.45, 2.75) is 23.8 Å². The number of nitrogens with one attached hydrogen (secondary N) is 2. The molecule has 226 valence electrons. The Hall–Kier alpha value is -4.73. The van der Waals surface area contributed by atoms with Crippen LogP contribution in [0.25, 0.3) is 11.1 Å². The number of carbonyl (C=O) groups excluding carboxylic acids is 1. The first-order chi connectivity index (χ1) is 20.3. The van der Waals surface area contributed by atoms with E-state index in [1.54, 1.807) is 0 Å². The fourth-order valence-electron chi connectivity index (χ4n) is 4.37. The van der Waals surface area contributed by atoms with Crippen molar-refractivity contribution in [1.82, 2.24) is 15.5 Å². The number of fused-ring (bicyclic) bond motifs is 1. The summed E-state index contributed by atoms with van der Waals surface area (Å²) in [5.74, 6) is -1.99. The van der Waals surface area contributed by atoms with Gasteiger partial charge in [0.15, 0.2) is 0 Å². The summed E-state index contributed by atoms with van der Waals surface area (Å²) in [6, 6.07) is 11.4. The molecule has 0 saturated heterocycles. The number of hydrogen-bond acceptors (Lipinski definition) is 6. The molecule has 0 fully saturated rings. The van der Waals surface area contributed by atoms with Gasteiger partial charge in [-0.25, -0.2) is 12.8 Å². The lowest BCUT2D eigenvalue weighted by Crippen LogP contribution is -2.48. The zero-order valence-corrected chi connectivity index (χ0v) is 22.4. The molecule has 16 heteroatoms. The molecule has 1 aromatic heterocycles. The minimum Gasteiger partial charge on any atom is -0.484 e. The molecule has 0 unspecified atom stereocenters. The van der Waals surface area contributed by atoms with E-state index < -0.39 is 63.4 Å². The van der Waals surface area contributed by atoms with E-state index in [4.69, 9.17) is 4.74 Å². The summed E-state index contributed by atoms with van der Waals surface area (Å²) < 4.78 is 119. The van der Waals surface area contributed by atoms with Gasteiger partial charge in [-0.1, -0.05) is 12.1 Å². The fourth-order valence-corrected chi connectivity index (χ4v) is 5.92. The Labute approximate surface area is 240 Å². The van der Waals surface area contributed by atoms with E-state index in [9.17, 15) is 39.6 Å². The van der Waals surface area contributed by atoms with Crippen molar-refractivity contribution >= 4 is 21.6 Å². The number of nitrogens with zero attached hydrogens (tertiary/aromatic N) is 2. The Morgan fingerprint density at radius 1 is 1.09 bits per heavy atom. The molecule has 0 radical (unpaired) electrons. The second kappa shape index (κ2) is 11.5. The minimum atomic E-state index is -4.82. The van der Waals surface area contributed by atoms with Gasteiger partial charge in [0.25, 0.3) is 15.9 Å². The van der Waals surface area contributed by atoms with Crippen LogP contribution in [0.1, 0.15) is 16.1 Å². The first kappa shape index (κ1) is 29.8. The van der Waals surface area contributed by atoms with E-state index in [0.29, 0.717) is 6.07 Å². The van der Waals surface area contributed by atoms with Gasteiger partial charge in [-0.05, 0) is 59.7 Å². The molecule has 1 aliphatic rings. The number of hydrogen-bond donors (Lipinski definition) is 2. The summed E-state index contributed by atoms with van der Waals surface area (Å²) in [5, 5.41) is 8.72. The number of anilines is 1. The van der Waals surface area contributed by atoms with Gasteiger partial charge in [0, 0.05) is 12.3 Å². The molecule has 4 aromatic rings. The first-order valence-electron chi connectivity index (χ1n) is 12.4. The molecule has 0 aliphatic carbocycles. The molecule has 5 rings (SSSR count). The van der Waals surface area contributed by atoms with Crippen LogP contribution in [0.4, 0.5) is 32.0 Å². The molecular formula is C27H20F6N4O5S. The van der Waals surface area contributed by atoms with Gasteiger partial charge in [0.05, 0.1) is 29.2 Å². The molecule has 1 amide bonds. The first-order valence-corrected chi connectivity index (χ1v) is 13.8. The normalized spacial score (nSPS) is 15.1. The second-order valence-corrected chi connectivity index (χ2v) is 11.1. The van der Waals surface area contributed by atoms with Gasteiger partial charge < -0.3 is 14.8 Å². The van der Waals surface area contributed by atoms with E-state index in [1.807, 2.05) is 0 Å². The highest BCUT2D eigenvalue weighted by atomic mass is 32.2. The zero-order valence-electron chi connectivity index (χ0n) is 21.6. The Morgan fingerprint density at radius 3 is 2.58 bits per heavy atom. The molecule has 3 aromatic carbocycles. The average Bonchev–Trinajstić information content (AvgIpc) is 3.49. The lowest BCUT2D eigenvalue weighted by atomic mass is 10.0. The summed E-state index contributed by atoms with van der Waals surface area (Å²) >= 11 is 0. The number of carbonyl (C=O) groups is 1. The van der Waals surface area contributed by atoms with Gasteiger partial charge in [-0.15, -0.1) is 0 Å². The number of benzene rings is 3. The number of aromatic nitrogens is 2. The highest BCUT2D eigenvalue weighted by Crippen LogP contribution is 2.41. The van der Waals surface area contributed by atoms with Crippen molar-refractivity contribution in [1.29, 1.82) is 0 Å². The predicted molar refractivity (Wildman–Crippen MR) is 140 cm³/mol. The molecule has 2 heterocycles. The molecule has 9 nitrogen and oxygen atoms in total. The number of alkyl halides is 5. The van der Waals surface area contributed by atoms with Crippen LogP contribution in [0.2, 0.25) is 0 Å². The van der Waals surface area contributed by atoms with E-state index >= 15 is 0 Å². The number of ether oxygens (including phenoxy) is 2. The predicted octanol–water partition coefficient (Wildman–Crippen LogP) is 5.22. The average molecular weight is 627 g/mol. The molecule has 1 aliphatic heterocycles. The van der Waals surface area contributed by atoms with Crippen LogP contribution in [-0.4, -0.2) is 50.3 Å². The van der Waals surface area contributed by atoms with Crippen LogP contribution in [-0.2, 0) is 16.2 Å². The van der Waals surface area contributed by atoms with Crippen molar-refractivity contribution in [2.24, 2.45) is 0 Å². The van der Waals surface area contributed by atoms with E-state index in [0.717, 1.165) is 40.7 Å². The highest BCUT2D eigenvalue weighted by molar-refractivity contribution is 7.92. The van der Waals surface area contributed by atoms with Crippen LogP contribution in [0.15, 0.2) is 77.8 Å². The number of H-pyrrole nitrogens is 1. The topological polar surface area (TPSA) is 114 Å². The highest BCUT2D eigenvalue weighted by Gasteiger charge is 2.37. The van der Waals surface area contributed by atoms with Crippen molar-refractivity contribution in [3.8, 4) is 22.6 Å². The second-order valence-electron chi connectivity index (χ2n) is 9.22. The van der Waals surface area contributed by atoms with Crippen molar-refractivity contribution in [3.63, 3.8) is 0 Å². The molecule has 2 N–H and O–H groups in total. The van der Waals surface area contributed by atoms with Gasteiger partial charge >= 0.3 is 12.8 Å². The fraction of sp³-hybridized carbons (Fsp3) is 0.185. The van der Waals surface area contributed by atoms with Gasteiger partial charge in [-0.2, -0.15) is 27.1 Å². The number of aromatic amines is 1. The minimum absolute atomic E-state index is 0.0215. The molecular weight excluding hydrogens is 606 g/mol. The summed E-state index contributed by atoms with van der Waals surface area (Å²) in [5.41, 5.74) is -0.975. The molecule has 43 heavy (non-hydrogen) atoms. The maximum Gasteiger partial charge on any atom is 0.416 e. The van der Waals surface area contributed by atoms with Crippen LogP contribution in [0, 0.1) is 5.82 Å². The summed E-state index contributed by atoms with van der Waals surface area (Å²) in [7, 11) is -4.68. The smallest absolute Gasteiger partial charge is 0.416 e. The summed E-state index contributed by atoms with van der Waals surface area (Å²) in [4.78, 5) is 11.7. The third-order valence-electron chi connectivity index (χ3n) is 6.31. The molecule has 0 bridgehead atoms. The number of sulfonamides is 1. The van der Waals surface area contributed by atoms with Crippen LogP contribution in [0.3, 0.4) is 0 Å². The largest absolute Gasteiger partial charge is 0.484 e. The van der Waals surface area contributed by atoms with Crippen molar-refractivity contribution < 1.29 is 49.0 Å². The Bertz CT molecular complexity index is 1750. The summed E-state index contributed by atoms with van der Waals surface area (Å²) in [6.07, 6.45) is -4.47. The van der Waals surface area contributed by atoms with E-state index in [2.05, 4.69) is 20.3 Å². The zero-order chi connectivity index (χ0) is 30.9. The Kier molecular flexibility index (Phi) is 7.96. The molecule has 0 saturated carbocycles. The number of halogens is 6. The van der Waals surface area contributed by atoms with Crippen LogP contribution >= 0.6 is 0 Å². The Morgan fingerprint density at radius 2 is 1.88 bits per heavy atom. The van der Waals surface area contributed by atoms with Crippen molar-refractivity contribution in [3.05, 3.63) is 90.0 Å². The van der Waals surface area contributed by atoms with Crippen LogP contribution < -0.4 is 19.1 Å². The lowest BCUT2D eigenvalue weighted by Gasteiger charge is -2.36. The van der Waals surface area contributed by atoms with Crippen LogP contribution in [0.5, 0.6) is 11.5 Å². The lowest BCUT2D eigenvalue weighted by molar-refractivity contribution is -0.137. The van der Waals surface area contributed by atoms with E-state index in [-0.39, 0.29) is 34.8 Å². The number of rotatable bonds is 8. The van der Waals surface area contributed by atoms with Gasteiger partial charge in [0.1, 0.15) is 29.1 Å². The Balaban J connectivity index is 1.54. The quantitative estimate of drug-likeness (QED) is 0.259. The maximum absolute atomic E-state index is 14.2. The monoisotopic (exact) mass is 626 g/mol. The van der Waals surface area contributed by atoms with Gasteiger partial charge in [0.2, 0.25) is 0 Å². The summed E-state index contributed by atoms with van der Waals surface area (Å²) in [6.45, 7) is -3.88. The molecule has 1 atom stereocenters. The SMILES string of the molecule is O=C(NC[C@H]1CN(S(=O)(=O)c2cccc(C(F)(F)F)c2)c2cc(-c3cc(F)cc(OC(F)F)c3)ccc2O1)c1ccn[nH]1. The van der Waals surface area contributed by atoms with E-state index in [1.165, 1.54) is 30.5 Å². The van der Waals surface area contributed by atoms with Crippen molar-refractivity contribution in [2.75, 3.05) is 17.4 Å². The third kappa shape index (κ3) is 6.53. The maximum atomic E-state index is 14.2. The number of amides is 1.